The first-order chi connectivity index (χ1) is 8.84. The van der Waals surface area contributed by atoms with Crippen LogP contribution in [0.5, 0.6) is 0 Å². The summed E-state index contributed by atoms with van der Waals surface area (Å²) in [5, 5.41) is 5.62. The summed E-state index contributed by atoms with van der Waals surface area (Å²) in [6, 6.07) is 8.87. The molecule has 0 unspecified atom stereocenters. The lowest BCUT2D eigenvalue weighted by molar-refractivity contribution is 0.371. The van der Waals surface area contributed by atoms with Crippen LogP contribution in [0, 0.1) is 0 Å². The zero-order valence-electron chi connectivity index (χ0n) is 10.5. The number of hydrogen-bond donors (Lipinski definition) is 2. The molecule has 1 aliphatic carbocycles. The van der Waals surface area contributed by atoms with Gasteiger partial charge in [0.1, 0.15) is 0 Å². The summed E-state index contributed by atoms with van der Waals surface area (Å²) in [6.45, 7) is 0.845. The number of hydrogen-bond acceptors (Lipinski definition) is 1. The third-order valence-corrected chi connectivity index (χ3v) is 4.32. The van der Waals surface area contributed by atoms with Crippen LogP contribution in [0.15, 0.2) is 24.3 Å². The Labute approximate surface area is 113 Å². The van der Waals surface area contributed by atoms with Gasteiger partial charge < -0.3 is 10.3 Å². The summed E-state index contributed by atoms with van der Waals surface area (Å²) >= 11 is 6.40. The van der Waals surface area contributed by atoms with Gasteiger partial charge >= 0.3 is 0 Å². The maximum absolute atomic E-state index is 6.40. The van der Waals surface area contributed by atoms with Gasteiger partial charge in [-0.2, -0.15) is 0 Å². The van der Waals surface area contributed by atoms with E-state index in [1.165, 1.54) is 32.1 Å². The first kappa shape index (κ1) is 12.1. The van der Waals surface area contributed by atoms with Gasteiger partial charge in [-0.15, -0.1) is 0 Å². The molecule has 0 bridgehead atoms. The molecular weight excluding hydrogens is 244 g/mol. The molecule has 0 aliphatic heterocycles. The highest BCUT2D eigenvalue weighted by molar-refractivity contribution is 6.36. The number of halogens is 1. The Kier molecular flexibility index (Phi) is 3.57. The third kappa shape index (κ3) is 2.40. The number of fused-ring (bicyclic) bond motifs is 1. The van der Waals surface area contributed by atoms with E-state index in [-0.39, 0.29) is 0 Å². The van der Waals surface area contributed by atoms with E-state index >= 15 is 0 Å². The number of nitrogens with one attached hydrogen (secondary N) is 2. The van der Waals surface area contributed by atoms with Crippen molar-refractivity contribution < 1.29 is 0 Å². The second-order valence-electron chi connectivity index (χ2n) is 5.18. The van der Waals surface area contributed by atoms with Gasteiger partial charge in [-0.25, -0.2) is 0 Å². The van der Waals surface area contributed by atoms with Crippen LogP contribution in [0.25, 0.3) is 10.9 Å². The van der Waals surface area contributed by atoms with Crippen molar-refractivity contribution >= 4 is 22.5 Å². The molecule has 2 N–H and O–H groups in total. The lowest BCUT2D eigenvalue weighted by atomic mass is 9.95. The number of benzene rings is 1. The van der Waals surface area contributed by atoms with Gasteiger partial charge in [-0.1, -0.05) is 49.1 Å². The van der Waals surface area contributed by atoms with Crippen LogP contribution in [0.4, 0.5) is 0 Å². The van der Waals surface area contributed by atoms with Crippen LogP contribution in [-0.4, -0.2) is 11.0 Å². The van der Waals surface area contributed by atoms with Crippen LogP contribution in [0.2, 0.25) is 5.02 Å². The Hall–Kier alpha value is -0.990. The average molecular weight is 263 g/mol. The van der Waals surface area contributed by atoms with Crippen LogP contribution >= 0.6 is 11.6 Å². The van der Waals surface area contributed by atoms with Crippen molar-refractivity contribution in [2.75, 3.05) is 0 Å². The number of aromatic nitrogens is 1. The fourth-order valence-corrected chi connectivity index (χ4v) is 3.12. The molecule has 0 amide bonds. The van der Waals surface area contributed by atoms with Gasteiger partial charge in [0.2, 0.25) is 0 Å². The first-order valence-corrected chi connectivity index (χ1v) is 7.21. The Bertz CT molecular complexity index is 526. The summed E-state index contributed by atoms with van der Waals surface area (Å²) in [5.74, 6) is 0. The van der Waals surface area contributed by atoms with Crippen molar-refractivity contribution in [3.8, 4) is 0 Å². The van der Waals surface area contributed by atoms with E-state index in [1.54, 1.807) is 0 Å². The Morgan fingerprint density at radius 2 is 1.94 bits per heavy atom. The molecule has 0 atom stereocenters. The summed E-state index contributed by atoms with van der Waals surface area (Å²) in [4.78, 5) is 3.41. The highest BCUT2D eigenvalue weighted by atomic mass is 35.5. The van der Waals surface area contributed by atoms with Crippen LogP contribution in [-0.2, 0) is 6.54 Å². The number of rotatable bonds is 3. The highest BCUT2D eigenvalue weighted by Gasteiger charge is 2.14. The first-order valence-electron chi connectivity index (χ1n) is 6.83. The Balaban J connectivity index is 1.72. The van der Waals surface area contributed by atoms with E-state index in [9.17, 15) is 0 Å². The zero-order valence-corrected chi connectivity index (χ0v) is 11.3. The lowest BCUT2D eigenvalue weighted by Crippen LogP contribution is -2.30. The summed E-state index contributed by atoms with van der Waals surface area (Å²) < 4.78 is 0. The van der Waals surface area contributed by atoms with Crippen LogP contribution < -0.4 is 5.32 Å². The molecule has 0 spiro atoms. The van der Waals surface area contributed by atoms with Gasteiger partial charge in [0.25, 0.3) is 0 Å². The summed E-state index contributed by atoms with van der Waals surface area (Å²) in [6.07, 6.45) is 6.72. The van der Waals surface area contributed by atoms with Gasteiger partial charge in [-0.05, 0) is 18.9 Å². The molecule has 1 fully saturated rings. The van der Waals surface area contributed by atoms with Crippen molar-refractivity contribution in [2.45, 2.75) is 44.7 Å². The molecule has 1 heterocycles. The van der Waals surface area contributed by atoms with Crippen molar-refractivity contribution in [3.63, 3.8) is 0 Å². The topological polar surface area (TPSA) is 27.8 Å². The highest BCUT2D eigenvalue weighted by Crippen LogP contribution is 2.27. The van der Waals surface area contributed by atoms with Crippen molar-refractivity contribution in [1.29, 1.82) is 0 Å². The Morgan fingerprint density at radius 1 is 1.17 bits per heavy atom. The van der Waals surface area contributed by atoms with E-state index in [2.05, 4.69) is 22.4 Å². The average Bonchev–Trinajstić information content (AvgIpc) is 2.75. The molecule has 3 heteroatoms. The van der Waals surface area contributed by atoms with E-state index in [0.717, 1.165) is 28.2 Å². The zero-order chi connectivity index (χ0) is 12.4. The fourth-order valence-electron chi connectivity index (χ4n) is 2.84. The molecule has 1 aromatic heterocycles. The Morgan fingerprint density at radius 3 is 2.72 bits per heavy atom. The van der Waals surface area contributed by atoms with Crippen molar-refractivity contribution in [1.82, 2.24) is 10.3 Å². The van der Waals surface area contributed by atoms with Crippen LogP contribution in [0.3, 0.4) is 0 Å². The molecule has 1 aliphatic rings. The van der Waals surface area contributed by atoms with Gasteiger partial charge in [0.15, 0.2) is 0 Å². The molecule has 1 saturated carbocycles. The fraction of sp³-hybridized carbons (Fsp3) is 0.467. The second-order valence-corrected chi connectivity index (χ2v) is 5.56. The molecule has 1 aromatic carbocycles. The SMILES string of the molecule is Clc1c(CNC2CCCCC2)[nH]c2ccccc12. The van der Waals surface area contributed by atoms with Gasteiger partial charge in [-0.3, -0.25) is 0 Å². The van der Waals surface area contributed by atoms with E-state index in [4.69, 9.17) is 11.6 Å². The number of H-pyrrole nitrogens is 1. The second kappa shape index (κ2) is 5.33. The van der Waals surface area contributed by atoms with Crippen LogP contribution in [0.1, 0.15) is 37.8 Å². The summed E-state index contributed by atoms with van der Waals surface area (Å²) in [5.41, 5.74) is 2.24. The van der Waals surface area contributed by atoms with Gasteiger partial charge in [0, 0.05) is 29.2 Å². The molecular formula is C15H19ClN2. The summed E-state index contributed by atoms with van der Waals surface area (Å²) in [7, 11) is 0. The minimum Gasteiger partial charge on any atom is -0.356 e. The monoisotopic (exact) mass is 262 g/mol. The maximum atomic E-state index is 6.40. The standard InChI is InChI=1S/C15H19ClN2/c16-15-12-8-4-5-9-13(12)18-14(15)10-17-11-6-2-1-3-7-11/h4-5,8-9,11,17-18H,1-3,6-7,10H2. The quantitative estimate of drug-likeness (QED) is 0.851. The van der Waals surface area contributed by atoms with Gasteiger partial charge in [0.05, 0.1) is 5.02 Å². The molecule has 96 valence electrons. The van der Waals surface area contributed by atoms with E-state index in [0.29, 0.717) is 6.04 Å². The minimum atomic E-state index is 0.668. The normalized spacial score (nSPS) is 17.4. The lowest BCUT2D eigenvalue weighted by Gasteiger charge is -2.22. The maximum Gasteiger partial charge on any atom is 0.0705 e. The molecule has 18 heavy (non-hydrogen) atoms. The molecule has 0 radical (unpaired) electrons. The van der Waals surface area contributed by atoms with E-state index < -0.39 is 0 Å². The third-order valence-electron chi connectivity index (χ3n) is 3.89. The molecule has 2 nitrogen and oxygen atoms in total. The minimum absolute atomic E-state index is 0.668. The predicted octanol–water partition coefficient (Wildman–Crippen LogP) is 4.24. The smallest absolute Gasteiger partial charge is 0.0705 e. The van der Waals surface area contributed by atoms with E-state index in [1.807, 2.05) is 12.1 Å². The van der Waals surface area contributed by atoms with Crippen molar-refractivity contribution in [2.24, 2.45) is 0 Å². The predicted molar refractivity (Wildman–Crippen MR) is 77.0 cm³/mol. The number of aromatic amines is 1. The number of para-hydroxylation sites is 1. The van der Waals surface area contributed by atoms with Crippen molar-refractivity contribution in [3.05, 3.63) is 35.0 Å². The molecule has 2 aromatic rings. The largest absolute Gasteiger partial charge is 0.356 e. The molecule has 3 rings (SSSR count). The molecule has 0 saturated heterocycles.